The summed E-state index contributed by atoms with van der Waals surface area (Å²) in [6, 6.07) is 12.2. The highest BCUT2D eigenvalue weighted by Gasteiger charge is 2.33. The van der Waals surface area contributed by atoms with Crippen LogP contribution in [0.4, 0.5) is 16.3 Å². The normalized spacial score (nSPS) is 17.1. The van der Waals surface area contributed by atoms with E-state index in [-0.39, 0.29) is 12.3 Å². The minimum atomic E-state index is -0.711. The van der Waals surface area contributed by atoms with Gasteiger partial charge >= 0.3 is 6.09 Å². The minimum absolute atomic E-state index is 0.102. The van der Waals surface area contributed by atoms with E-state index in [1.807, 2.05) is 12.1 Å². The summed E-state index contributed by atoms with van der Waals surface area (Å²) in [6.45, 7) is 6.40. The Morgan fingerprint density at radius 3 is 2.77 bits per heavy atom. The number of rotatable bonds is 6. The first-order chi connectivity index (χ1) is 16.9. The van der Waals surface area contributed by atoms with E-state index < -0.39 is 12.3 Å². The second-order valence-corrected chi connectivity index (χ2v) is 10.1. The predicted molar refractivity (Wildman–Crippen MR) is 140 cm³/mol. The van der Waals surface area contributed by atoms with Gasteiger partial charge in [0.25, 0.3) is 0 Å². The largest absolute Gasteiger partial charge is 0.425 e. The molecule has 0 spiro atoms. The van der Waals surface area contributed by atoms with Crippen LogP contribution in [0.2, 0.25) is 5.02 Å². The third-order valence-electron chi connectivity index (χ3n) is 6.69. The van der Waals surface area contributed by atoms with Gasteiger partial charge in [-0.2, -0.15) is 4.37 Å². The first-order valence-corrected chi connectivity index (χ1v) is 12.9. The number of benzene rings is 2. The molecule has 1 atom stereocenters. The number of hydrogen-bond donors (Lipinski definition) is 1. The number of alkyl carbamates (subject to hydrolysis) is 1. The van der Waals surface area contributed by atoms with Crippen LogP contribution in [0.25, 0.3) is 10.1 Å². The van der Waals surface area contributed by atoms with Gasteiger partial charge in [-0.3, -0.25) is 14.6 Å². The van der Waals surface area contributed by atoms with E-state index in [2.05, 4.69) is 39.4 Å². The van der Waals surface area contributed by atoms with Gasteiger partial charge in [0.1, 0.15) is 5.82 Å². The maximum Gasteiger partial charge on any atom is 0.408 e. The van der Waals surface area contributed by atoms with E-state index >= 15 is 0 Å². The Morgan fingerprint density at radius 1 is 1.23 bits per heavy atom. The summed E-state index contributed by atoms with van der Waals surface area (Å²) in [6.07, 6.45) is -0.202. The molecule has 0 saturated carbocycles. The van der Waals surface area contributed by atoms with Crippen LogP contribution in [0.1, 0.15) is 18.1 Å². The average Bonchev–Trinajstić information content (AvgIpc) is 3.43. The topological polar surface area (TPSA) is 78.0 Å². The van der Waals surface area contributed by atoms with E-state index in [1.54, 1.807) is 18.5 Å². The quantitative estimate of drug-likeness (QED) is 0.538. The van der Waals surface area contributed by atoms with Crippen molar-refractivity contribution in [1.29, 1.82) is 0 Å². The lowest BCUT2D eigenvalue weighted by Gasteiger charge is -2.35. The standard InChI is InChI=1S/C25H28ClN5O3S/c1-16(34-25(33)27-2)31-21-15-20(26)17(13-18(21)14-23(31)32)7-8-29-9-11-30(12-10-29)24-19-5-3-4-6-22(19)35-28-24/h3-6,13,15-16H,7-12,14H2,1-2H3,(H,27,33). The highest BCUT2D eigenvalue weighted by molar-refractivity contribution is 7.13. The maximum absolute atomic E-state index is 12.6. The number of carbonyl (C=O) groups is 2. The second kappa shape index (κ2) is 10.0. The fraction of sp³-hybridized carbons (Fsp3) is 0.400. The lowest BCUT2D eigenvalue weighted by Crippen LogP contribution is -2.47. The zero-order valence-electron chi connectivity index (χ0n) is 19.8. The number of anilines is 2. The van der Waals surface area contributed by atoms with Crippen molar-refractivity contribution in [2.75, 3.05) is 49.6 Å². The van der Waals surface area contributed by atoms with E-state index in [0.29, 0.717) is 10.7 Å². The van der Waals surface area contributed by atoms with Crippen molar-refractivity contribution in [1.82, 2.24) is 14.6 Å². The van der Waals surface area contributed by atoms with Gasteiger partial charge in [-0.1, -0.05) is 29.8 Å². The first-order valence-electron chi connectivity index (χ1n) is 11.8. The molecule has 8 nitrogen and oxygen atoms in total. The lowest BCUT2D eigenvalue weighted by atomic mass is 10.1. The molecule has 2 amide bonds. The Balaban J connectivity index is 1.20. The molecule has 1 fully saturated rings. The number of nitrogens with zero attached hydrogens (tertiary/aromatic N) is 4. The molecule has 1 saturated heterocycles. The Hall–Kier alpha value is -2.88. The van der Waals surface area contributed by atoms with Crippen molar-refractivity contribution in [2.24, 2.45) is 0 Å². The van der Waals surface area contributed by atoms with E-state index in [4.69, 9.17) is 20.7 Å². The number of fused-ring (bicyclic) bond motifs is 2. The predicted octanol–water partition coefficient (Wildman–Crippen LogP) is 3.91. The fourth-order valence-corrected chi connectivity index (χ4v) is 5.87. The minimum Gasteiger partial charge on any atom is -0.425 e. The third-order valence-corrected chi connectivity index (χ3v) is 7.86. The molecule has 0 aliphatic carbocycles. The van der Waals surface area contributed by atoms with Gasteiger partial charge in [0, 0.05) is 50.2 Å². The number of halogens is 1. The van der Waals surface area contributed by atoms with Crippen LogP contribution in [0.3, 0.4) is 0 Å². The first kappa shape index (κ1) is 23.8. The molecular formula is C25H28ClN5O3S. The van der Waals surface area contributed by atoms with Gasteiger partial charge in [0.05, 0.1) is 16.8 Å². The van der Waals surface area contributed by atoms with Crippen molar-refractivity contribution in [3.05, 3.63) is 52.5 Å². The van der Waals surface area contributed by atoms with Crippen molar-refractivity contribution in [2.45, 2.75) is 26.0 Å². The van der Waals surface area contributed by atoms with Crippen LogP contribution < -0.4 is 15.1 Å². The Labute approximate surface area is 213 Å². The average molecular weight is 514 g/mol. The van der Waals surface area contributed by atoms with Crippen molar-refractivity contribution in [3.63, 3.8) is 0 Å². The zero-order chi connectivity index (χ0) is 24.5. The molecule has 1 unspecified atom stereocenters. The van der Waals surface area contributed by atoms with Crippen LogP contribution in [-0.4, -0.2) is 67.3 Å². The van der Waals surface area contributed by atoms with E-state index in [9.17, 15) is 9.59 Å². The molecule has 2 aromatic carbocycles. The van der Waals surface area contributed by atoms with Crippen LogP contribution in [-0.2, 0) is 22.4 Å². The SMILES string of the molecule is CNC(=O)OC(C)N1C(=O)Cc2cc(CCN3CCN(c4nsc5ccccc45)CC3)c(Cl)cc21. The molecule has 0 bridgehead atoms. The van der Waals surface area contributed by atoms with Crippen LogP contribution >= 0.6 is 23.1 Å². The maximum atomic E-state index is 12.6. The molecule has 1 aromatic heterocycles. The van der Waals surface area contributed by atoms with Crippen molar-refractivity contribution >= 4 is 56.7 Å². The number of aromatic nitrogens is 1. The van der Waals surface area contributed by atoms with Crippen LogP contribution in [0, 0.1) is 0 Å². The van der Waals surface area contributed by atoms with Crippen molar-refractivity contribution < 1.29 is 14.3 Å². The molecular weight excluding hydrogens is 486 g/mol. The van der Waals surface area contributed by atoms with Gasteiger partial charge in [0.15, 0.2) is 6.23 Å². The third kappa shape index (κ3) is 4.80. The van der Waals surface area contributed by atoms with Gasteiger partial charge < -0.3 is 15.0 Å². The zero-order valence-corrected chi connectivity index (χ0v) is 21.4. The summed E-state index contributed by atoms with van der Waals surface area (Å²) in [5.41, 5.74) is 2.67. The van der Waals surface area contributed by atoms with Crippen LogP contribution in [0.15, 0.2) is 36.4 Å². The number of piperazine rings is 1. The van der Waals surface area contributed by atoms with E-state index in [1.165, 1.54) is 22.0 Å². The summed E-state index contributed by atoms with van der Waals surface area (Å²) in [4.78, 5) is 30.6. The number of hydrogen-bond acceptors (Lipinski definition) is 7. The molecule has 3 heterocycles. The number of nitrogens with one attached hydrogen (secondary N) is 1. The van der Waals surface area contributed by atoms with E-state index in [0.717, 1.165) is 56.1 Å². The molecule has 1 N–H and O–H groups in total. The van der Waals surface area contributed by atoms with Crippen molar-refractivity contribution in [3.8, 4) is 0 Å². The Bertz CT molecular complexity index is 1260. The van der Waals surface area contributed by atoms with Gasteiger partial charge in [-0.25, -0.2) is 4.79 Å². The smallest absolute Gasteiger partial charge is 0.408 e. The highest BCUT2D eigenvalue weighted by atomic mass is 35.5. The Kier molecular flexibility index (Phi) is 6.82. The molecule has 2 aliphatic rings. The molecule has 2 aliphatic heterocycles. The molecule has 184 valence electrons. The summed E-state index contributed by atoms with van der Waals surface area (Å²) in [7, 11) is 1.48. The summed E-state index contributed by atoms with van der Waals surface area (Å²) < 4.78 is 11.2. The molecule has 35 heavy (non-hydrogen) atoms. The van der Waals surface area contributed by atoms with Gasteiger partial charge in [0.2, 0.25) is 5.91 Å². The summed E-state index contributed by atoms with van der Waals surface area (Å²) in [5.74, 6) is 0.992. The molecule has 3 aromatic rings. The number of carbonyl (C=O) groups excluding carboxylic acids is 2. The summed E-state index contributed by atoms with van der Waals surface area (Å²) >= 11 is 8.19. The van der Waals surface area contributed by atoms with Crippen LogP contribution in [0.5, 0.6) is 0 Å². The number of amides is 2. The molecule has 0 radical (unpaired) electrons. The Morgan fingerprint density at radius 2 is 2.00 bits per heavy atom. The summed E-state index contributed by atoms with van der Waals surface area (Å²) in [5, 5.41) is 4.27. The van der Waals surface area contributed by atoms with Gasteiger partial charge in [-0.15, -0.1) is 0 Å². The fourth-order valence-electron chi connectivity index (χ4n) is 4.83. The molecule has 10 heteroatoms. The highest BCUT2D eigenvalue weighted by Crippen LogP contribution is 2.36. The molecule has 5 rings (SSSR count). The number of ether oxygens (including phenoxy) is 1. The monoisotopic (exact) mass is 513 g/mol. The lowest BCUT2D eigenvalue weighted by molar-refractivity contribution is -0.119. The van der Waals surface area contributed by atoms with Gasteiger partial charge in [-0.05, 0) is 54.2 Å². The second-order valence-electron chi connectivity index (χ2n) is 8.85.